The first-order valence-corrected chi connectivity index (χ1v) is 10.6. The van der Waals surface area contributed by atoms with E-state index in [-0.39, 0.29) is 11.5 Å². The molecule has 0 unspecified atom stereocenters. The largest absolute Gasteiger partial charge is 0.459 e. The Kier molecular flexibility index (Phi) is 4.77. The smallest absolute Gasteiger partial charge is 0.332 e. The maximum Gasteiger partial charge on any atom is 0.332 e. The number of imidazole rings is 2. The molecule has 5 rings (SSSR count). The van der Waals surface area contributed by atoms with Gasteiger partial charge in [-0.3, -0.25) is 28.0 Å². The van der Waals surface area contributed by atoms with Gasteiger partial charge in [0.25, 0.3) is 11.5 Å². The molecule has 0 bridgehead atoms. The monoisotopic (exact) mass is 439 g/mol. The second-order valence-corrected chi connectivity index (χ2v) is 8.19. The third-order valence-electron chi connectivity index (χ3n) is 6.29. The van der Waals surface area contributed by atoms with Crippen LogP contribution in [0.2, 0.25) is 0 Å². The van der Waals surface area contributed by atoms with Gasteiger partial charge in [0, 0.05) is 65.3 Å². The molecule has 32 heavy (non-hydrogen) atoms. The van der Waals surface area contributed by atoms with Gasteiger partial charge < -0.3 is 13.9 Å². The number of rotatable bonds is 4. The van der Waals surface area contributed by atoms with Crippen LogP contribution in [0.15, 0.2) is 38.6 Å². The van der Waals surface area contributed by atoms with E-state index in [4.69, 9.17) is 4.42 Å². The molecular formula is C21H25N7O4. The van der Waals surface area contributed by atoms with Crippen LogP contribution in [0.4, 0.5) is 0 Å². The predicted molar refractivity (Wildman–Crippen MR) is 117 cm³/mol. The molecule has 1 fully saturated rings. The summed E-state index contributed by atoms with van der Waals surface area (Å²) in [5, 5.41) is 0. The molecule has 0 aliphatic carbocycles. The first-order chi connectivity index (χ1) is 15.4. The molecule has 0 aromatic carbocycles. The Morgan fingerprint density at radius 2 is 1.84 bits per heavy atom. The number of amides is 1. The van der Waals surface area contributed by atoms with Gasteiger partial charge >= 0.3 is 5.69 Å². The van der Waals surface area contributed by atoms with E-state index >= 15 is 0 Å². The highest BCUT2D eigenvalue weighted by molar-refractivity contribution is 5.91. The van der Waals surface area contributed by atoms with Crippen LogP contribution in [0.5, 0.6) is 0 Å². The summed E-state index contributed by atoms with van der Waals surface area (Å²) >= 11 is 0. The van der Waals surface area contributed by atoms with Crippen molar-refractivity contribution in [3.8, 4) is 0 Å². The van der Waals surface area contributed by atoms with Gasteiger partial charge in [0.1, 0.15) is 0 Å². The lowest BCUT2D eigenvalue weighted by Crippen LogP contribution is -2.49. The minimum Gasteiger partial charge on any atom is -0.459 e. The number of fused-ring (bicyclic) bond motifs is 3. The van der Waals surface area contributed by atoms with Crippen molar-refractivity contribution in [1.82, 2.24) is 32.9 Å². The molecular weight excluding hydrogens is 414 g/mol. The topological polar surface area (TPSA) is 103 Å². The molecule has 1 aliphatic rings. The third-order valence-corrected chi connectivity index (χ3v) is 6.29. The number of hydrogen-bond donors (Lipinski definition) is 0. The van der Waals surface area contributed by atoms with Crippen LogP contribution in [-0.2, 0) is 20.6 Å². The second-order valence-electron chi connectivity index (χ2n) is 8.19. The minimum absolute atomic E-state index is 0.0751. The van der Waals surface area contributed by atoms with E-state index in [0.29, 0.717) is 42.3 Å². The van der Waals surface area contributed by atoms with Crippen molar-refractivity contribution in [3.63, 3.8) is 0 Å². The van der Waals surface area contributed by atoms with E-state index in [1.165, 1.54) is 17.9 Å². The second kappa shape index (κ2) is 7.52. The maximum atomic E-state index is 12.7. The predicted octanol–water partition coefficient (Wildman–Crippen LogP) is 0.0458. The lowest BCUT2D eigenvalue weighted by atomic mass is 10.3. The van der Waals surface area contributed by atoms with Crippen molar-refractivity contribution >= 4 is 22.8 Å². The van der Waals surface area contributed by atoms with Gasteiger partial charge in [0.05, 0.1) is 6.26 Å². The Bertz CT molecular complexity index is 1430. The summed E-state index contributed by atoms with van der Waals surface area (Å²) in [6.45, 7) is 6.28. The van der Waals surface area contributed by atoms with Crippen LogP contribution >= 0.6 is 0 Å². The number of hydrogen-bond acceptors (Lipinski definition) is 6. The molecule has 0 spiro atoms. The van der Waals surface area contributed by atoms with E-state index in [1.807, 2.05) is 18.0 Å². The Hall–Kier alpha value is -3.60. The zero-order chi connectivity index (χ0) is 22.6. The van der Waals surface area contributed by atoms with E-state index in [9.17, 15) is 14.4 Å². The molecule has 4 aromatic heterocycles. The van der Waals surface area contributed by atoms with Gasteiger partial charge in [-0.1, -0.05) is 0 Å². The van der Waals surface area contributed by atoms with Crippen LogP contribution < -0.4 is 11.2 Å². The normalized spacial score (nSPS) is 15.3. The standard InChI is InChI=1S/C21H25N7O4/c1-14-13-28-16-17(23(2)21(31)24(3)19(16)30)22-20(28)27(14)11-8-25-6-9-26(10-7-25)18(29)15-5-4-12-32-15/h4-5,12-13H,6-11H2,1-3H3. The average molecular weight is 439 g/mol. The lowest BCUT2D eigenvalue weighted by Gasteiger charge is -2.34. The highest BCUT2D eigenvalue weighted by atomic mass is 16.3. The van der Waals surface area contributed by atoms with Crippen molar-refractivity contribution in [2.45, 2.75) is 13.5 Å². The zero-order valence-electron chi connectivity index (χ0n) is 18.3. The summed E-state index contributed by atoms with van der Waals surface area (Å²) in [5.41, 5.74) is 1.01. The lowest BCUT2D eigenvalue weighted by molar-refractivity contribution is 0.0602. The van der Waals surface area contributed by atoms with E-state index < -0.39 is 5.69 Å². The number of carbonyl (C=O) groups excluding carboxylic acids is 1. The number of aryl methyl sites for hydroxylation is 2. The first kappa shape index (κ1) is 20.3. The van der Waals surface area contributed by atoms with Crippen LogP contribution in [0, 0.1) is 6.92 Å². The Balaban J connectivity index is 1.34. The molecule has 1 amide bonds. The number of furan rings is 1. The molecule has 5 heterocycles. The molecule has 11 nitrogen and oxygen atoms in total. The fourth-order valence-electron chi connectivity index (χ4n) is 4.38. The number of aromatic nitrogens is 5. The number of nitrogens with zero attached hydrogens (tertiary/aromatic N) is 7. The fraction of sp³-hybridized carbons (Fsp3) is 0.429. The molecule has 0 N–H and O–H groups in total. The summed E-state index contributed by atoms with van der Waals surface area (Å²) < 4.78 is 11.6. The quantitative estimate of drug-likeness (QED) is 0.445. The Morgan fingerprint density at radius 3 is 2.53 bits per heavy atom. The summed E-state index contributed by atoms with van der Waals surface area (Å²) in [6, 6.07) is 3.41. The molecule has 168 valence electrons. The molecule has 1 aliphatic heterocycles. The van der Waals surface area contributed by atoms with Crippen molar-refractivity contribution in [2.75, 3.05) is 32.7 Å². The first-order valence-electron chi connectivity index (χ1n) is 10.6. The number of carbonyl (C=O) groups is 1. The highest BCUT2D eigenvalue weighted by Crippen LogP contribution is 2.16. The summed E-state index contributed by atoms with van der Waals surface area (Å²) in [5.74, 6) is 0.937. The number of piperazine rings is 1. The molecule has 1 saturated heterocycles. The van der Waals surface area contributed by atoms with Crippen LogP contribution in [0.3, 0.4) is 0 Å². The molecule has 4 aromatic rings. The highest BCUT2D eigenvalue weighted by Gasteiger charge is 2.24. The van der Waals surface area contributed by atoms with Crippen LogP contribution in [0.25, 0.3) is 16.9 Å². The zero-order valence-corrected chi connectivity index (χ0v) is 18.3. The van der Waals surface area contributed by atoms with Crippen molar-refractivity contribution in [2.24, 2.45) is 14.1 Å². The van der Waals surface area contributed by atoms with Gasteiger partial charge in [0.15, 0.2) is 16.9 Å². The minimum atomic E-state index is -0.395. The van der Waals surface area contributed by atoms with Crippen LogP contribution in [-0.4, -0.2) is 71.5 Å². The van der Waals surface area contributed by atoms with Crippen molar-refractivity contribution in [3.05, 3.63) is 56.9 Å². The van der Waals surface area contributed by atoms with Gasteiger partial charge in [-0.25, -0.2) is 4.79 Å². The van der Waals surface area contributed by atoms with E-state index in [1.54, 1.807) is 23.6 Å². The van der Waals surface area contributed by atoms with Gasteiger partial charge in [-0.05, 0) is 19.1 Å². The molecule has 0 saturated carbocycles. The molecule has 0 radical (unpaired) electrons. The summed E-state index contributed by atoms with van der Waals surface area (Å²) in [6.07, 6.45) is 3.40. The van der Waals surface area contributed by atoms with Crippen LogP contribution in [0.1, 0.15) is 16.2 Å². The average Bonchev–Trinajstić information content (AvgIpc) is 3.51. The summed E-state index contributed by atoms with van der Waals surface area (Å²) in [7, 11) is 3.10. The van der Waals surface area contributed by atoms with E-state index in [0.717, 1.165) is 29.9 Å². The maximum absolute atomic E-state index is 12.7. The van der Waals surface area contributed by atoms with Crippen molar-refractivity contribution < 1.29 is 9.21 Å². The SMILES string of the molecule is Cc1cn2c3c(=O)n(C)c(=O)n(C)c3nc2n1CCN1CCN(C(=O)c2ccco2)CC1. The third kappa shape index (κ3) is 3.08. The Labute approximate surface area is 182 Å². The van der Waals surface area contributed by atoms with Gasteiger partial charge in [0.2, 0.25) is 5.78 Å². The van der Waals surface area contributed by atoms with Crippen molar-refractivity contribution in [1.29, 1.82) is 0 Å². The summed E-state index contributed by atoms with van der Waals surface area (Å²) in [4.78, 5) is 46.1. The van der Waals surface area contributed by atoms with E-state index in [2.05, 4.69) is 14.5 Å². The Morgan fingerprint density at radius 1 is 1.09 bits per heavy atom. The molecule has 11 heteroatoms. The van der Waals surface area contributed by atoms with Gasteiger partial charge in [-0.15, -0.1) is 0 Å². The fourth-order valence-corrected chi connectivity index (χ4v) is 4.38. The van der Waals surface area contributed by atoms with Gasteiger partial charge in [-0.2, -0.15) is 4.98 Å². The molecule has 0 atom stereocenters.